The lowest BCUT2D eigenvalue weighted by atomic mass is 10.1. The largest absolute Gasteiger partial charge is 0.331 e. The Morgan fingerprint density at radius 2 is 1.72 bits per heavy atom. The lowest BCUT2D eigenvalue weighted by Gasteiger charge is -2.07. The molecule has 29 heavy (non-hydrogen) atoms. The number of halogens is 2. The van der Waals surface area contributed by atoms with Crippen molar-refractivity contribution in [1.29, 1.82) is 0 Å². The van der Waals surface area contributed by atoms with Crippen LogP contribution in [0.3, 0.4) is 0 Å². The first-order chi connectivity index (χ1) is 14.1. The van der Waals surface area contributed by atoms with E-state index in [4.69, 9.17) is 11.6 Å². The second-order valence-corrected chi connectivity index (χ2v) is 8.43. The number of carbonyl (C=O) groups is 1. The van der Waals surface area contributed by atoms with Crippen molar-refractivity contribution in [2.24, 2.45) is 0 Å². The van der Waals surface area contributed by atoms with Gasteiger partial charge in [-0.05, 0) is 54.6 Å². The topological polar surface area (TPSA) is 54.0 Å². The number of carbonyl (C=O) groups excluding carboxylic acids is 1. The summed E-state index contributed by atoms with van der Waals surface area (Å²) in [6, 6.07) is 22.4. The lowest BCUT2D eigenvalue weighted by molar-refractivity contribution is 0.102. The zero-order valence-corrected chi connectivity index (χ0v) is 18.2. The zero-order chi connectivity index (χ0) is 20.2. The molecule has 0 unspecified atom stereocenters. The van der Waals surface area contributed by atoms with Crippen LogP contribution in [0.4, 0.5) is 16.5 Å². The number of nitrogens with zero attached hydrogens (tertiary/aromatic N) is 1. The van der Waals surface area contributed by atoms with E-state index < -0.39 is 0 Å². The summed E-state index contributed by atoms with van der Waals surface area (Å²) in [5.74, 6) is -0.156. The average Bonchev–Trinajstić information content (AvgIpc) is 3.17. The molecule has 1 amide bonds. The summed E-state index contributed by atoms with van der Waals surface area (Å²) in [6.45, 7) is 0. The maximum Gasteiger partial charge on any atom is 0.255 e. The number of aromatic nitrogens is 1. The lowest BCUT2D eigenvalue weighted by Crippen LogP contribution is -2.11. The van der Waals surface area contributed by atoms with Crippen molar-refractivity contribution in [1.82, 2.24) is 4.98 Å². The molecule has 0 saturated heterocycles. The van der Waals surface area contributed by atoms with Crippen molar-refractivity contribution in [3.63, 3.8) is 0 Å². The molecule has 7 heteroatoms. The molecule has 4 nitrogen and oxygen atoms in total. The van der Waals surface area contributed by atoms with Gasteiger partial charge in [0.15, 0.2) is 5.13 Å². The van der Waals surface area contributed by atoms with Gasteiger partial charge >= 0.3 is 0 Å². The highest BCUT2D eigenvalue weighted by Gasteiger charge is 2.09. The van der Waals surface area contributed by atoms with E-state index in [0.29, 0.717) is 16.3 Å². The monoisotopic (exact) mass is 483 g/mol. The molecule has 4 rings (SSSR count). The highest BCUT2D eigenvalue weighted by molar-refractivity contribution is 9.10. The fourth-order valence-electron chi connectivity index (χ4n) is 2.71. The van der Waals surface area contributed by atoms with Crippen LogP contribution in [0, 0.1) is 0 Å². The van der Waals surface area contributed by atoms with E-state index in [1.54, 1.807) is 12.1 Å². The number of nitrogens with one attached hydrogen (secondary N) is 2. The minimum Gasteiger partial charge on any atom is -0.331 e. The van der Waals surface area contributed by atoms with Crippen LogP contribution < -0.4 is 10.6 Å². The molecule has 0 saturated carbocycles. The number of benzene rings is 3. The molecular weight excluding hydrogens is 470 g/mol. The van der Waals surface area contributed by atoms with Gasteiger partial charge in [0.05, 0.1) is 5.69 Å². The van der Waals surface area contributed by atoms with Gasteiger partial charge in [-0.1, -0.05) is 45.7 Å². The standard InChI is InChI=1S/C22H15BrClN3OS/c23-16-9-7-14(8-10-16)21(28)25-18-5-1-3-15(11-18)20-13-29-22(27-20)26-19-6-2-4-17(24)12-19/h1-13H,(H,25,28)(H,26,27). The quantitative estimate of drug-likeness (QED) is 0.314. The molecule has 0 fully saturated rings. The molecule has 0 atom stereocenters. The maximum atomic E-state index is 12.4. The molecule has 0 radical (unpaired) electrons. The Hall–Kier alpha value is -2.67. The van der Waals surface area contributed by atoms with Crippen molar-refractivity contribution < 1.29 is 4.79 Å². The molecule has 0 aliphatic heterocycles. The summed E-state index contributed by atoms with van der Waals surface area (Å²) in [4.78, 5) is 17.1. The van der Waals surface area contributed by atoms with E-state index in [2.05, 4.69) is 31.5 Å². The van der Waals surface area contributed by atoms with Crippen LogP contribution in [-0.4, -0.2) is 10.9 Å². The Balaban J connectivity index is 1.49. The van der Waals surface area contributed by atoms with Gasteiger partial charge in [0.25, 0.3) is 5.91 Å². The molecule has 0 bridgehead atoms. The number of rotatable bonds is 5. The molecule has 0 aliphatic carbocycles. The summed E-state index contributed by atoms with van der Waals surface area (Å²) in [5.41, 5.74) is 3.95. The predicted molar refractivity (Wildman–Crippen MR) is 124 cm³/mol. The summed E-state index contributed by atoms with van der Waals surface area (Å²) < 4.78 is 0.932. The highest BCUT2D eigenvalue weighted by atomic mass is 79.9. The number of thiazole rings is 1. The Kier molecular flexibility index (Phi) is 5.94. The average molecular weight is 485 g/mol. The third kappa shape index (κ3) is 5.03. The Morgan fingerprint density at radius 1 is 0.966 bits per heavy atom. The molecule has 1 heterocycles. The first-order valence-electron chi connectivity index (χ1n) is 8.72. The fourth-order valence-corrected chi connectivity index (χ4v) is 3.91. The predicted octanol–water partition coefficient (Wildman–Crippen LogP) is 7.22. The van der Waals surface area contributed by atoms with Crippen LogP contribution in [0.2, 0.25) is 5.02 Å². The van der Waals surface area contributed by atoms with Crippen molar-refractivity contribution in [2.45, 2.75) is 0 Å². The zero-order valence-electron chi connectivity index (χ0n) is 15.0. The van der Waals surface area contributed by atoms with Crippen molar-refractivity contribution in [3.8, 4) is 11.3 Å². The first kappa shape index (κ1) is 19.6. The van der Waals surface area contributed by atoms with Gasteiger partial charge in [0.2, 0.25) is 0 Å². The molecule has 0 aliphatic rings. The fraction of sp³-hybridized carbons (Fsp3) is 0. The van der Waals surface area contributed by atoms with Crippen LogP contribution in [0.25, 0.3) is 11.3 Å². The third-order valence-corrected chi connectivity index (χ3v) is 5.62. The summed E-state index contributed by atoms with van der Waals surface area (Å²) in [5, 5.41) is 9.60. The number of hydrogen-bond acceptors (Lipinski definition) is 4. The molecule has 2 N–H and O–H groups in total. The van der Waals surface area contributed by atoms with Gasteiger partial charge in [0.1, 0.15) is 0 Å². The van der Waals surface area contributed by atoms with E-state index in [9.17, 15) is 4.79 Å². The Bertz CT molecular complexity index is 1160. The van der Waals surface area contributed by atoms with E-state index in [-0.39, 0.29) is 5.91 Å². The van der Waals surface area contributed by atoms with Crippen LogP contribution in [0.1, 0.15) is 10.4 Å². The summed E-state index contributed by atoms with van der Waals surface area (Å²) >= 11 is 10.9. The van der Waals surface area contributed by atoms with Crippen LogP contribution in [0.15, 0.2) is 82.6 Å². The number of amides is 1. The molecule has 144 valence electrons. The molecular formula is C22H15BrClN3OS. The van der Waals surface area contributed by atoms with Gasteiger partial charge < -0.3 is 10.6 Å². The molecule has 0 spiro atoms. The second-order valence-electron chi connectivity index (χ2n) is 6.22. The smallest absolute Gasteiger partial charge is 0.255 e. The Morgan fingerprint density at radius 3 is 2.52 bits per heavy atom. The van der Waals surface area contributed by atoms with Crippen molar-refractivity contribution >= 4 is 61.3 Å². The van der Waals surface area contributed by atoms with Gasteiger partial charge in [-0.3, -0.25) is 4.79 Å². The first-order valence-corrected chi connectivity index (χ1v) is 10.8. The van der Waals surface area contributed by atoms with Gasteiger partial charge in [-0.2, -0.15) is 0 Å². The van der Waals surface area contributed by atoms with E-state index in [0.717, 1.165) is 26.5 Å². The minimum atomic E-state index is -0.156. The molecule has 4 aromatic rings. The SMILES string of the molecule is O=C(Nc1cccc(-c2csc(Nc3cccc(Cl)c3)n2)c1)c1ccc(Br)cc1. The summed E-state index contributed by atoms with van der Waals surface area (Å²) in [6.07, 6.45) is 0. The molecule has 1 aromatic heterocycles. The van der Waals surface area contributed by atoms with Crippen molar-refractivity contribution in [2.75, 3.05) is 10.6 Å². The van der Waals surface area contributed by atoms with E-state index in [1.807, 2.05) is 66.0 Å². The third-order valence-electron chi connectivity index (χ3n) is 4.10. The maximum absolute atomic E-state index is 12.4. The normalized spacial score (nSPS) is 10.6. The number of anilines is 3. The number of hydrogen-bond donors (Lipinski definition) is 2. The van der Waals surface area contributed by atoms with Gasteiger partial charge in [-0.15, -0.1) is 11.3 Å². The van der Waals surface area contributed by atoms with Crippen molar-refractivity contribution in [3.05, 3.63) is 93.2 Å². The van der Waals surface area contributed by atoms with Gasteiger partial charge in [0, 0.05) is 37.4 Å². The van der Waals surface area contributed by atoms with Crippen LogP contribution >= 0.6 is 38.9 Å². The Labute approximate surface area is 185 Å². The van der Waals surface area contributed by atoms with Gasteiger partial charge in [-0.25, -0.2) is 4.98 Å². The molecule has 3 aromatic carbocycles. The van der Waals surface area contributed by atoms with E-state index >= 15 is 0 Å². The van der Waals surface area contributed by atoms with Crippen LogP contribution in [0.5, 0.6) is 0 Å². The highest BCUT2D eigenvalue weighted by Crippen LogP contribution is 2.29. The van der Waals surface area contributed by atoms with Crippen LogP contribution in [-0.2, 0) is 0 Å². The minimum absolute atomic E-state index is 0.156. The van der Waals surface area contributed by atoms with E-state index in [1.165, 1.54) is 11.3 Å². The second kappa shape index (κ2) is 8.78. The summed E-state index contributed by atoms with van der Waals surface area (Å²) in [7, 11) is 0.